The fourth-order valence-corrected chi connectivity index (χ4v) is 2.08. The number of carbonyl (C=O) groups is 2. The van der Waals surface area contributed by atoms with Crippen LogP contribution in [0.3, 0.4) is 0 Å². The van der Waals surface area contributed by atoms with Gasteiger partial charge in [0.05, 0.1) is 10.5 Å². The van der Waals surface area contributed by atoms with Gasteiger partial charge in [0.1, 0.15) is 0 Å². The van der Waals surface area contributed by atoms with E-state index >= 15 is 0 Å². The van der Waals surface area contributed by atoms with Gasteiger partial charge in [0, 0.05) is 24.9 Å². The van der Waals surface area contributed by atoms with E-state index in [1.54, 1.807) is 31.3 Å². The van der Waals surface area contributed by atoms with Crippen molar-refractivity contribution in [3.05, 3.63) is 70.3 Å². The Balaban J connectivity index is 2.07. The van der Waals surface area contributed by atoms with Crippen molar-refractivity contribution in [1.29, 1.82) is 0 Å². The fraction of sp³-hybridized carbons (Fsp3) is 0.176. The normalized spacial score (nSPS) is 11.4. The Morgan fingerprint density at radius 2 is 1.79 bits per heavy atom. The van der Waals surface area contributed by atoms with Gasteiger partial charge in [-0.25, -0.2) is 4.79 Å². The van der Waals surface area contributed by atoms with Crippen LogP contribution in [0.1, 0.15) is 17.3 Å². The van der Waals surface area contributed by atoms with Crippen molar-refractivity contribution in [2.45, 2.75) is 13.0 Å². The Morgan fingerprint density at radius 1 is 1.12 bits per heavy atom. The first-order chi connectivity index (χ1) is 11.4. The standard InChI is InChI=1S/C17H16N2O5/c1-12(16(20)18(2)14-8-4-3-5-9-14)24-17(21)13-7-6-10-15(11-13)19(22)23/h3-12H,1-2H3. The summed E-state index contributed by atoms with van der Waals surface area (Å²) in [6, 6.07) is 14.1. The number of likely N-dealkylation sites (N-methyl/N-ethyl adjacent to an activating group) is 1. The summed E-state index contributed by atoms with van der Waals surface area (Å²) in [6.07, 6.45) is -1.03. The van der Waals surface area contributed by atoms with Gasteiger partial charge in [-0.05, 0) is 25.1 Å². The fourth-order valence-electron chi connectivity index (χ4n) is 2.08. The summed E-state index contributed by atoms with van der Waals surface area (Å²) in [5.74, 6) is -1.19. The number of non-ortho nitro benzene ring substituents is 1. The lowest BCUT2D eigenvalue weighted by Crippen LogP contribution is -2.37. The van der Waals surface area contributed by atoms with Crippen LogP contribution in [0, 0.1) is 10.1 Å². The van der Waals surface area contributed by atoms with Gasteiger partial charge < -0.3 is 9.64 Å². The maximum atomic E-state index is 12.3. The maximum Gasteiger partial charge on any atom is 0.339 e. The summed E-state index contributed by atoms with van der Waals surface area (Å²) < 4.78 is 5.12. The summed E-state index contributed by atoms with van der Waals surface area (Å²) in [5.41, 5.74) is 0.469. The predicted octanol–water partition coefficient (Wildman–Crippen LogP) is 2.80. The largest absolute Gasteiger partial charge is 0.449 e. The molecular formula is C17H16N2O5. The molecule has 0 aliphatic rings. The van der Waals surface area contributed by atoms with Crippen LogP contribution in [0.2, 0.25) is 0 Å². The summed E-state index contributed by atoms with van der Waals surface area (Å²) in [4.78, 5) is 35.9. The van der Waals surface area contributed by atoms with Crippen LogP contribution in [0.25, 0.3) is 0 Å². The molecule has 2 aromatic rings. The molecule has 0 aliphatic heterocycles. The summed E-state index contributed by atoms with van der Waals surface area (Å²) in [7, 11) is 1.58. The highest BCUT2D eigenvalue weighted by atomic mass is 16.6. The highest BCUT2D eigenvalue weighted by molar-refractivity contribution is 5.98. The third kappa shape index (κ3) is 3.95. The van der Waals surface area contributed by atoms with Gasteiger partial charge in [-0.1, -0.05) is 24.3 Å². The topological polar surface area (TPSA) is 89.7 Å². The Hall–Kier alpha value is -3.22. The van der Waals surface area contributed by atoms with Crippen molar-refractivity contribution in [2.75, 3.05) is 11.9 Å². The van der Waals surface area contributed by atoms with Crippen LogP contribution >= 0.6 is 0 Å². The van der Waals surface area contributed by atoms with E-state index < -0.39 is 22.9 Å². The van der Waals surface area contributed by atoms with Gasteiger partial charge in [-0.2, -0.15) is 0 Å². The summed E-state index contributed by atoms with van der Waals surface area (Å²) in [5, 5.41) is 10.7. The van der Waals surface area contributed by atoms with Crippen LogP contribution in [0.15, 0.2) is 54.6 Å². The minimum absolute atomic E-state index is 0.0196. The van der Waals surface area contributed by atoms with E-state index in [0.717, 1.165) is 6.07 Å². The van der Waals surface area contributed by atoms with Crippen LogP contribution < -0.4 is 4.90 Å². The molecular weight excluding hydrogens is 312 g/mol. The van der Waals surface area contributed by atoms with Crippen LogP contribution in [-0.2, 0) is 9.53 Å². The van der Waals surface area contributed by atoms with Gasteiger partial charge in [-0.3, -0.25) is 14.9 Å². The molecule has 1 amide bonds. The van der Waals surface area contributed by atoms with Gasteiger partial charge >= 0.3 is 5.97 Å². The second-order valence-electron chi connectivity index (χ2n) is 5.09. The molecule has 0 bridgehead atoms. The first-order valence-corrected chi connectivity index (χ1v) is 7.18. The number of para-hydroxylation sites is 1. The van der Waals surface area contributed by atoms with Crippen LogP contribution in [0.4, 0.5) is 11.4 Å². The van der Waals surface area contributed by atoms with E-state index in [9.17, 15) is 19.7 Å². The van der Waals surface area contributed by atoms with Crippen molar-refractivity contribution >= 4 is 23.3 Å². The molecule has 0 heterocycles. The number of benzene rings is 2. The van der Waals surface area contributed by atoms with E-state index in [-0.39, 0.29) is 11.3 Å². The predicted molar refractivity (Wildman–Crippen MR) is 87.8 cm³/mol. The van der Waals surface area contributed by atoms with E-state index in [1.165, 1.54) is 30.0 Å². The molecule has 0 saturated carbocycles. The molecule has 7 nitrogen and oxygen atoms in total. The SMILES string of the molecule is CC(OC(=O)c1cccc([N+](=O)[O-])c1)C(=O)N(C)c1ccccc1. The third-order valence-corrected chi connectivity index (χ3v) is 3.40. The summed E-state index contributed by atoms with van der Waals surface area (Å²) >= 11 is 0. The number of amides is 1. The number of hydrogen-bond donors (Lipinski definition) is 0. The molecule has 0 N–H and O–H groups in total. The van der Waals surface area contributed by atoms with E-state index in [1.807, 2.05) is 6.07 Å². The Morgan fingerprint density at radius 3 is 2.42 bits per heavy atom. The number of nitro groups is 1. The lowest BCUT2D eigenvalue weighted by molar-refractivity contribution is -0.384. The average Bonchev–Trinajstić information content (AvgIpc) is 2.61. The molecule has 24 heavy (non-hydrogen) atoms. The number of hydrogen-bond acceptors (Lipinski definition) is 5. The Bertz CT molecular complexity index is 761. The van der Waals surface area contributed by atoms with E-state index in [2.05, 4.69) is 0 Å². The lowest BCUT2D eigenvalue weighted by atomic mass is 10.2. The van der Waals surface area contributed by atoms with Crippen LogP contribution in [-0.4, -0.2) is 30.0 Å². The van der Waals surface area contributed by atoms with Crippen LogP contribution in [0.5, 0.6) is 0 Å². The molecule has 0 radical (unpaired) electrons. The Kier molecular flexibility index (Phi) is 5.26. The molecule has 124 valence electrons. The molecule has 0 aromatic heterocycles. The molecule has 0 spiro atoms. The molecule has 1 unspecified atom stereocenters. The number of ether oxygens (including phenoxy) is 1. The van der Waals surface area contributed by atoms with Gasteiger partial charge in [0.2, 0.25) is 0 Å². The van der Waals surface area contributed by atoms with E-state index in [0.29, 0.717) is 5.69 Å². The average molecular weight is 328 g/mol. The van der Waals surface area contributed by atoms with Crippen molar-refractivity contribution in [2.24, 2.45) is 0 Å². The highest BCUT2D eigenvalue weighted by Crippen LogP contribution is 2.16. The second kappa shape index (κ2) is 7.36. The molecule has 1 atom stereocenters. The maximum absolute atomic E-state index is 12.3. The van der Waals surface area contributed by atoms with Crippen molar-refractivity contribution in [1.82, 2.24) is 0 Å². The smallest absolute Gasteiger partial charge is 0.339 e. The number of anilines is 1. The monoisotopic (exact) mass is 328 g/mol. The second-order valence-corrected chi connectivity index (χ2v) is 5.09. The zero-order valence-corrected chi connectivity index (χ0v) is 13.2. The number of nitrogens with zero attached hydrogens (tertiary/aromatic N) is 2. The first kappa shape index (κ1) is 17.1. The molecule has 2 aromatic carbocycles. The van der Waals surface area contributed by atoms with Crippen molar-refractivity contribution in [3.63, 3.8) is 0 Å². The van der Waals surface area contributed by atoms with Gasteiger partial charge in [0.25, 0.3) is 11.6 Å². The molecule has 0 aliphatic carbocycles. The van der Waals surface area contributed by atoms with E-state index in [4.69, 9.17) is 4.74 Å². The summed E-state index contributed by atoms with van der Waals surface area (Å²) in [6.45, 7) is 1.46. The minimum Gasteiger partial charge on any atom is -0.449 e. The van der Waals surface area contributed by atoms with Crippen molar-refractivity contribution < 1.29 is 19.2 Å². The number of nitro benzene ring substituents is 1. The third-order valence-electron chi connectivity index (χ3n) is 3.40. The lowest BCUT2D eigenvalue weighted by Gasteiger charge is -2.21. The zero-order valence-electron chi connectivity index (χ0n) is 13.2. The zero-order chi connectivity index (χ0) is 17.7. The first-order valence-electron chi connectivity index (χ1n) is 7.18. The van der Waals surface area contributed by atoms with Gasteiger partial charge in [-0.15, -0.1) is 0 Å². The Labute approximate surface area is 138 Å². The van der Waals surface area contributed by atoms with Gasteiger partial charge in [0.15, 0.2) is 6.10 Å². The molecule has 2 rings (SSSR count). The quantitative estimate of drug-likeness (QED) is 0.478. The molecule has 0 saturated heterocycles. The molecule has 0 fully saturated rings. The number of esters is 1. The number of rotatable bonds is 5. The van der Waals surface area contributed by atoms with Crippen molar-refractivity contribution in [3.8, 4) is 0 Å². The molecule has 7 heteroatoms. The highest BCUT2D eigenvalue weighted by Gasteiger charge is 2.23. The minimum atomic E-state index is -1.03. The number of carbonyl (C=O) groups excluding carboxylic acids is 2.